The average molecular weight is 403 g/mol. The number of piperidine rings is 1. The lowest BCUT2D eigenvalue weighted by atomic mass is 9.92. The molecule has 1 saturated heterocycles. The van der Waals surface area contributed by atoms with Crippen LogP contribution in [-0.2, 0) is 4.79 Å². The van der Waals surface area contributed by atoms with Crippen molar-refractivity contribution < 1.29 is 31.9 Å². The maximum Gasteiger partial charge on any atom is 0.426 e. The van der Waals surface area contributed by atoms with Crippen LogP contribution >= 0.6 is 0 Å². The molecular weight excluding hydrogens is 385 g/mol. The zero-order valence-corrected chi connectivity index (χ0v) is 14.9. The van der Waals surface area contributed by atoms with Gasteiger partial charge in [-0.2, -0.15) is 18.3 Å². The van der Waals surface area contributed by atoms with Crippen molar-refractivity contribution in [3.05, 3.63) is 47.8 Å². The van der Waals surface area contributed by atoms with Crippen LogP contribution < -0.4 is 0 Å². The molecule has 0 spiro atoms. The van der Waals surface area contributed by atoms with E-state index in [0.29, 0.717) is 25.5 Å². The maximum atomic E-state index is 14.1. The van der Waals surface area contributed by atoms with Crippen molar-refractivity contribution in [2.45, 2.75) is 37.5 Å². The van der Waals surface area contributed by atoms with E-state index in [1.807, 2.05) is 0 Å². The van der Waals surface area contributed by atoms with Crippen LogP contribution in [0.1, 0.15) is 31.4 Å². The Labute approximate surface area is 157 Å². The van der Waals surface area contributed by atoms with E-state index in [1.54, 1.807) is 6.07 Å². The quantitative estimate of drug-likeness (QED) is 0.801. The molecule has 0 saturated carbocycles. The minimum atomic E-state index is -5.07. The van der Waals surface area contributed by atoms with Gasteiger partial charge in [-0.05, 0) is 38.0 Å². The summed E-state index contributed by atoms with van der Waals surface area (Å²) in [7, 11) is 0. The molecule has 1 atom stereocenters. The molecule has 3 rings (SSSR count). The van der Waals surface area contributed by atoms with Gasteiger partial charge in [-0.25, -0.2) is 13.5 Å². The summed E-state index contributed by atoms with van der Waals surface area (Å²) < 4.78 is 67.2. The summed E-state index contributed by atoms with van der Waals surface area (Å²) in [5.74, 6) is -3.10. The Morgan fingerprint density at radius 3 is 2.39 bits per heavy atom. The number of amides is 1. The van der Waals surface area contributed by atoms with E-state index in [9.17, 15) is 31.9 Å². The van der Waals surface area contributed by atoms with Crippen LogP contribution in [0, 0.1) is 11.6 Å². The Morgan fingerprint density at radius 2 is 1.82 bits per heavy atom. The predicted molar refractivity (Wildman–Crippen MR) is 88.7 cm³/mol. The highest BCUT2D eigenvalue weighted by atomic mass is 19.4. The summed E-state index contributed by atoms with van der Waals surface area (Å²) in [6.45, 7) is 0.452. The van der Waals surface area contributed by atoms with Crippen molar-refractivity contribution in [1.82, 2.24) is 14.7 Å². The Kier molecular flexibility index (Phi) is 5.18. The maximum absolute atomic E-state index is 14.1. The number of halogens is 5. The number of aliphatic hydroxyl groups is 1. The molecule has 0 radical (unpaired) electrons. The number of rotatable bonds is 3. The second-order valence-electron chi connectivity index (χ2n) is 6.90. The van der Waals surface area contributed by atoms with Gasteiger partial charge in [-0.15, -0.1) is 0 Å². The number of nitrogens with zero attached hydrogens (tertiary/aromatic N) is 3. The lowest BCUT2D eigenvalue weighted by Gasteiger charge is -2.36. The van der Waals surface area contributed by atoms with Crippen molar-refractivity contribution in [1.29, 1.82) is 0 Å². The second-order valence-corrected chi connectivity index (χ2v) is 6.90. The molecule has 2 heterocycles. The molecule has 152 valence electrons. The van der Waals surface area contributed by atoms with Crippen molar-refractivity contribution in [2.24, 2.45) is 0 Å². The van der Waals surface area contributed by atoms with E-state index >= 15 is 0 Å². The Morgan fingerprint density at radius 1 is 1.18 bits per heavy atom. The number of benzene rings is 1. The van der Waals surface area contributed by atoms with Crippen LogP contribution in [0.15, 0.2) is 30.5 Å². The molecule has 5 nitrogen and oxygen atoms in total. The minimum absolute atomic E-state index is 0.00676. The zero-order valence-electron chi connectivity index (χ0n) is 14.9. The highest BCUT2D eigenvalue weighted by molar-refractivity contribution is 5.85. The number of carbonyl (C=O) groups excluding carboxylic acids is 1. The molecule has 1 amide bonds. The number of hydrogen-bond acceptors (Lipinski definition) is 3. The van der Waals surface area contributed by atoms with Gasteiger partial charge in [-0.1, -0.05) is 0 Å². The van der Waals surface area contributed by atoms with Gasteiger partial charge in [0, 0.05) is 37.0 Å². The Balaban J connectivity index is 1.75. The smallest absolute Gasteiger partial charge is 0.373 e. The first-order chi connectivity index (χ1) is 13.0. The van der Waals surface area contributed by atoms with Crippen LogP contribution in [0.25, 0.3) is 5.69 Å². The Bertz CT molecular complexity index is 870. The van der Waals surface area contributed by atoms with E-state index in [0.717, 1.165) is 17.0 Å². The number of carbonyl (C=O) groups is 1. The summed E-state index contributed by atoms with van der Waals surface area (Å²) in [6.07, 6.45) is -2.99. The summed E-state index contributed by atoms with van der Waals surface area (Å²) >= 11 is 0. The number of likely N-dealkylation sites (tertiary alicyclic amines) is 1. The van der Waals surface area contributed by atoms with Gasteiger partial charge >= 0.3 is 6.18 Å². The number of aromatic nitrogens is 2. The van der Waals surface area contributed by atoms with Gasteiger partial charge in [-0.3, -0.25) is 4.79 Å². The highest BCUT2D eigenvalue weighted by Crippen LogP contribution is 2.35. The monoisotopic (exact) mass is 403 g/mol. The Hall–Kier alpha value is -2.49. The number of hydrogen-bond donors (Lipinski definition) is 1. The van der Waals surface area contributed by atoms with Crippen molar-refractivity contribution in [3.8, 4) is 5.69 Å². The van der Waals surface area contributed by atoms with Crippen LogP contribution in [-0.4, -0.2) is 50.6 Å². The second kappa shape index (κ2) is 7.16. The summed E-state index contributed by atoms with van der Waals surface area (Å²) in [5, 5.41) is 13.6. The van der Waals surface area contributed by atoms with E-state index in [4.69, 9.17) is 0 Å². The molecule has 1 aromatic carbocycles. The minimum Gasteiger partial charge on any atom is -0.373 e. The van der Waals surface area contributed by atoms with Crippen molar-refractivity contribution in [2.75, 3.05) is 13.1 Å². The molecule has 1 aromatic heterocycles. The predicted octanol–water partition coefficient (Wildman–Crippen LogP) is 3.17. The standard InChI is InChI=1S/C18H18F5N3O2/c1-17(28,18(21,22)23)16(27)25-8-5-11(6-9-25)14-4-7-24-26(14)15-3-2-12(19)10-13(15)20/h2-4,7,10-11,28H,5-6,8-9H2,1H3. The van der Waals surface area contributed by atoms with E-state index in [2.05, 4.69) is 5.10 Å². The highest BCUT2D eigenvalue weighted by Gasteiger charge is 2.57. The fourth-order valence-corrected chi connectivity index (χ4v) is 3.28. The SMILES string of the molecule is CC(O)(C(=O)N1CCC(c2ccnn2-c2ccc(F)cc2F)CC1)C(F)(F)F. The molecule has 1 aliphatic rings. The topological polar surface area (TPSA) is 58.4 Å². The molecule has 0 bridgehead atoms. The van der Waals surface area contributed by atoms with Gasteiger partial charge < -0.3 is 10.0 Å². The first-order valence-corrected chi connectivity index (χ1v) is 8.60. The van der Waals surface area contributed by atoms with Gasteiger partial charge in [0.05, 0.1) is 0 Å². The van der Waals surface area contributed by atoms with Crippen LogP contribution in [0.2, 0.25) is 0 Å². The summed E-state index contributed by atoms with van der Waals surface area (Å²) in [6, 6.07) is 4.74. The van der Waals surface area contributed by atoms with E-state index in [-0.39, 0.29) is 24.7 Å². The lowest BCUT2D eigenvalue weighted by molar-refractivity contribution is -0.250. The average Bonchev–Trinajstić information content (AvgIpc) is 3.09. The lowest BCUT2D eigenvalue weighted by Crippen LogP contribution is -2.57. The fourth-order valence-electron chi connectivity index (χ4n) is 3.28. The van der Waals surface area contributed by atoms with Crippen LogP contribution in [0.4, 0.5) is 22.0 Å². The number of alkyl halides is 3. The molecule has 28 heavy (non-hydrogen) atoms. The van der Waals surface area contributed by atoms with Gasteiger partial charge in [0.25, 0.3) is 5.91 Å². The third kappa shape index (κ3) is 3.60. The zero-order chi connectivity index (χ0) is 20.7. The van der Waals surface area contributed by atoms with Crippen LogP contribution in [0.3, 0.4) is 0 Å². The first-order valence-electron chi connectivity index (χ1n) is 8.60. The molecule has 0 aliphatic carbocycles. The van der Waals surface area contributed by atoms with E-state index < -0.39 is 29.3 Å². The van der Waals surface area contributed by atoms with Gasteiger partial charge in [0.1, 0.15) is 11.5 Å². The third-order valence-corrected chi connectivity index (χ3v) is 4.98. The molecule has 1 unspecified atom stereocenters. The third-order valence-electron chi connectivity index (χ3n) is 4.98. The molecule has 1 fully saturated rings. The van der Waals surface area contributed by atoms with Gasteiger partial charge in [0.2, 0.25) is 5.60 Å². The van der Waals surface area contributed by atoms with Gasteiger partial charge in [0.15, 0.2) is 5.82 Å². The molecule has 1 aliphatic heterocycles. The van der Waals surface area contributed by atoms with E-state index in [1.165, 1.54) is 16.9 Å². The molecular formula is C18H18F5N3O2. The molecule has 1 N–H and O–H groups in total. The normalized spacial score (nSPS) is 18.2. The molecule has 2 aromatic rings. The van der Waals surface area contributed by atoms with Crippen LogP contribution in [0.5, 0.6) is 0 Å². The largest absolute Gasteiger partial charge is 0.426 e. The first kappa shape index (κ1) is 20.2. The summed E-state index contributed by atoms with van der Waals surface area (Å²) in [5.41, 5.74) is -2.78. The molecule has 10 heteroatoms. The summed E-state index contributed by atoms with van der Waals surface area (Å²) in [4.78, 5) is 13.1. The van der Waals surface area contributed by atoms with Crippen molar-refractivity contribution in [3.63, 3.8) is 0 Å². The fraction of sp³-hybridized carbons (Fsp3) is 0.444. The van der Waals surface area contributed by atoms with Crippen molar-refractivity contribution >= 4 is 5.91 Å².